The standard InChI is InChI=1S/C18H16BrN3O3/c1-2-21(15-8-5-13(19)11-20-15)18(25)12-3-6-14(7-4-12)22-16(23)9-10-17(22)24/h3-8,11H,2,9-10H2,1H3. The average molecular weight is 402 g/mol. The van der Waals surface area contributed by atoms with Crippen molar-refractivity contribution in [1.82, 2.24) is 4.98 Å². The van der Waals surface area contributed by atoms with Gasteiger partial charge in [-0.05, 0) is 59.3 Å². The maximum Gasteiger partial charge on any atom is 0.259 e. The number of rotatable bonds is 4. The summed E-state index contributed by atoms with van der Waals surface area (Å²) in [7, 11) is 0. The zero-order chi connectivity index (χ0) is 18.0. The van der Waals surface area contributed by atoms with Crippen LogP contribution in [0.2, 0.25) is 0 Å². The van der Waals surface area contributed by atoms with Crippen molar-refractivity contribution in [3.05, 3.63) is 52.6 Å². The summed E-state index contributed by atoms with van der Waals surface area (Å²) < 4.78 is 0.837. The van der Waals surface area contributed by atoms with Crippen molar-refractivity contribution in [2.75, 3.05) is 16.3 Å². The van der Waals surface area contributed by atoms with E-state index >= 15 is 0 Å². The van der Waals surface area contributed by atoms with E-state index in [1.54, 1.807) is 41.4 Å². The van der Waals surface area contributed by atoms with Gasteiger partial charge in [-0.2, -0.15) is 0 Å². The highest BCUT2D eigenvalue weighted by molar-refractivity contribution is 9.10. The molecule has 0 N–H and O–H groups in total. The Morgan fingerprint density at radius 2 is 1.76 bits per heavy atom. The molecule has 2 aromatic rings. The first-order chi connectivity index (χ1) is 12.0. The fraction of sp³-hybridized carbons (Fsp3) is 0.222. The van der Waals surface area contributed by atoms with E-state index in [2.05, 4.69) is 20.9 Å². The van der Waals surface area contributed by atoms with Crippen LogP contribution in [0.4, 0.5) is 11.5 Å². The van der Waals surface area contributed by atoms with Crippen LogP contribution in [0.3, 0.4) is 0 Å². The number of anilines is 2. The Kier molecular flexibility index (Phi) is 4.94. The summed E-state index contributed by atoms with van der Waals surface area (Å²) in [5.41, 5.74) is 0.961. The van der Waals surface area contributed by atoms with E-state index in [-0.39, 0.29) is 30.6 Å². The molecule has 3 rings (SSSR count). The van der Waals surface area contributed by atoms with E-state index in [1.165, 1.54) is 4.90 Å². The third-order valence-corrected chi connectivity index (χ3v) is 4.44. The lowest BCUT2D eigenvalue weighted by atomic mass is 10.1. The molecular formula is C18H16BrN3O3. The molecule has 6 nitrogen and oxygen atoms in total. The maximum absolute atomic E-state index is 12.7. The van der Waals surface area contributed by atoms with Crippen LogP contribution in [0, 0.1) is 0 Å². The molecule has 1 aliphatic rings. The zero-order valence-corrected chi connectivity index (χ0v) is 15.2. The van der Waals surface area contributed by atoms with Gasteiger partial charge in [0.05, 0.1) is 5.69 Å². The number of imide groups is 1. The van der Waals surface area contributed by atoms with Gasteiger partial charge in [0.1, 0.15) is 5.82 Å². The van der Waals surface area contributed by atoms with Gasteiger partial charge in [-0.3, -0.25) is 24.2 Å². The van der Waals surface area contributed by atoms with Crippen molar-refractivity contribution in [2.24, 2.45) is 0 Å². The molecule has 0 saturated carbocycles. The Balaban J connectivity index is 1.83. The Morgan fingerprint density at radius 3 is 2.28 bits per heavy atom. The molecule has 1 aromatic heterocycles. The van der Waals surface area contributed by atoms with E-state index in [0.717, 1.165) is 4.47 Å². The van der Waals surface area contributed by atoms with Gasteiger partial charge in [0.25, 0.3) is 5.91 Å². The van der Waals surface area contributed by atoms with Crippen molar-refractivity contribution < 1.29 is 14.4 Å². The predicted octanol–water partition coefficient (Wildman–Crippen LogP) is 3.16. The van der Waals surface area contributed by atoms with Crippen LogP contribution in [0.25, 0.3) is 0 Å². The van der Waals surface area contributed by atoms with Crippen molar-refractivity contribution >= 4 is 45.2 Å². The number of hydrogen-bond acceptors (Lipinski definition) is 4. The molecule has 0 aliphatic carbocycles. The van der Waals surface area contributed by atoms with Gasteiger partial charge >= 0.3 is 0 Å². The largest absolute Gasteiger partial charge is 0.293 e. The van der Waals surface area contributed by atoms with Crippen molar-refractivity contribution in [2.45, 2.75) is 19.8 Å². The highest BCUT2D eigenvalue weighted by atomic mass is 79.9. The second-order valence-corrected chi connectivity index (χ2v) is 6.47. The van der Waals surface area contributed by atoms with Gasteiger partial charge in [-0.25, -0.2) is 4.98 Å². The number of benzene rings is 1. The fourth-order valence-electron chi connectivity index (χ4n) is 2.71. The minimum Gasteiger partial charge on any atom is -0.293 e. The van der Waals surface area contributed by atoms with Gasteiger partial charge in [-0.1, -0.05) is 0 Å². The molecule has 2 heterocycles. The number of amides is 3. The van der Waals surface area contributed by atoms with Crippen LogP contribution < -0.4 is 9.80 Å². The molecule has 1 aliphatic heterocycles. The van der Waals surface area contributed by atoms with Gasteiger partial charge in [0.15, 0.2) is 0 Å². The smallest absolute Gasteiger partial charge is 0.259 e. The first-order valence-electron chi connectivity index (χ1n) is 7.90. The van der Waals surface area contributed by atoms with E-state index in [1.807, 2.05) is 13.0 Å². The number of aromatic nitrogens is 1. The minimum absolute atomic E-state index is 0.192. The van der Waals surface area contributed by atoms with Gasteiger partial charge in [0, 0.05) is 35.6 Å². The lowest BCUT2D eigenvalue weighted by Gasteiger charge is -2.20. The minimum atomic E-state index is -0.210. The van der Waals surface area contributed by atoms with Crippen LogP contribution >= 0.6 is 15.9 Å². The van der Waals surface area contributed by atoms with E-state index in [0.29, 0.717) is 23.6 Å². The Morgan fingerprint density at radius 1 is 1.12 bits per heavy atom. The molecule has 0 spiro atoms. The van der Waals surface area contributed by atoms with Crippen molar-refractivity contribution in [3.63, 3.8) is 0 Å². The summed E-state index contributed by atoms with van der Waals surface area (Å²) in [6, 6.07) is 10.1. The fourth-order valence-corrected chi connectivity index (χ4v) is 2.95. The first-order valence-corrected chi connectivity index (χ1v) is 8.70. The molecule has 1 fully saturated rings. The summed E-state index contributed by atoms with van der Waals surface area (Å²) >= 11 is 3.32. The Bertz CT molecular complexity index is 802. The molecule has 1 aromatic carbocycles. The number of pyridine rings is 1. The number of hydrogen-bond donors (Lipinski definition) is 0. The summed E-state index contributed by atoms with van der Waals surface area (Å²) in [4.78, 5) is 43.3. The first kappa shape index (κ1) is 17.3. The molecule has 0 atom stereocenters. The Hall–Kier alpha value is -2.54. The molecule has 128 valence electrons. The van der Waals surface area contributed by atoms with Crippen LogP contribution in [0.5, 0.6) is 0 Å². The van der Waals surface area contributed by atoms with Gasteiger partial charge in [0.2, 0.25) is 11.8 Å². The summed E-state index contributed by atoms with van der Waals surface area (Å²) in [6.45, 7) is 2.34. The third kappa shape index (κ3) is 3.46. The predicted molar refractivity (Wildman–Crippen MR) is 97.5 cm³/mol. The van der Waals surface area contributed by atoms with E-state index in [9.17, 15) is 14.4 Å². The normalized spacial score (nSPS) is 14.1. The summed E-state index contributed by atoms with van der Waals surface area (Å²) in [5.74, 6) is -0.0516. The summed E-state index contributed by atoms with van der Waals surface area (Å²) in [5, 5.41) is 0. The van der Waals surface area contributed by atoms with Crippen LogP contribution in [0.1, 0.15) is 30.1 Å². The molecule has 1 saturated heterocycles. The van der Waals surface area contributed by atoms with Crippen molar-refractivity contribution in [3.8, 4) is 0 Å². The van der Waals surface area contributed by atoms with Gasteiger partial charge < -0.3 is 0 Å². The third-order valence-electron chi connectivity index (χ3n) is 3.97. The molecule has 0 radical (unpaired) electrons. The summed E-state index contributed by atoms with van der Waals surface area (Å²) in [6.07, 6.45) is 2.11. The molecular weight excluding hydrogens is 386 g/mol. The second kappa shape index (κ2) is 7.14. The van der Waals surface area contributed by atoms with Crippen LogP contribution in [-0.2, 0) is 9.59 Å². The molecule has 3 amide bonds. The Labute approximate surface area is 153 Å². The highest BCUT2D eigenvalue weighted by Gasteiger charge is 2.30. The number of carbonyl (C=O) groups excluding carboxylic acids is 3. The SMILES string of the molecule is CCN(C(=O)c1ccc(N2C(=O)CCC2=O)cc1)c1ccc(Br)cn1. The maximum atomic E-state index is 12.7. The monoisotopic (exact) mass is 401 g/mol. The number of halogens is 1. The van der Waals surface area contributed by atoms with Crippen LogP contribution in [-0.4, -0.2) is 29.3 Å². The van der Waals surface area contributed by atoms with Crippen LogP contribution in [0.15, 0.2) is 47.1 Å². The molecule has 0 unspecified atom stereocenters. The lowest BCUT2D eigenvalue weighted by molar-refractivity contribution is -0.121. The average Bonchev–Trinajstić information content (AvgIpc) is 2.96. The highest BCUT2D eigenvalue weighted by Crippen LogP contribution is 2.24. The number of nitrogens with zero attached hydrogens (tertiary/aromatic N) is 3. The second-order valence-electron chi connectivity index (χ2n) is 5.55. The quantitative estimate of drug-likeness (QED) is 0.737. The molecule has 25 heavy (non-hydrogen) atoms. The zero-order valence-electron chi connectivity index (χ0n) is 13.6. The molecule has 0 bridgehead atoms. The topological polar surface area (TPSA) is 70.6 Å². The molecule has 7 heteroatoms. The van der Waals surface area contributed by atoms with Crippen molar-refractivity contribution in [1.29, 1.82) is 0 Å². The lowest BCUT2D eigenvalue weighted by Crippen LogP contribution is -2.31. The van der Waals surface area contributed by atoms with Gasteiger partial charge in [-0.15, -0.1) is 0 Å². The van der Waals surface area contributed by atoms with E-state index < -0.39 is 0 Å². The number of carbonyl (C=O) groups is 3. The van der Waals surface area contributed by atoms with E-state index in [4.69, 9.17) is 0 Å².